The number of nitrogens with zero attached hydrogens (tertiary/aromatic N) is 1. The van der Waals surface area contributed by atoms with Crippen LogP contribution in [0.4, 0.5) is 0 Å². The molecule has 1 atom stereocenters. The second kappa shape index (κ2) is 8.08. The lowest BCUT2D eigenvalue weighted by atomic mass is 9.74. The van der Waals surface area contributed by atoms with Crippen molar-refractivity contribution in [3.8, 4) is 0 Å². The van der Waals surface area contributed by atoms with Gasteiger partial charge in [-0.15, -0.1) is 24.0 Å². The maximum atomic E-state index is 6.02. The molecule has 1 spiro atoms. The predicted molar refractivity (Wildman–Crippen MR) is 105 cm³/mol. The standard InChI is InChI=1S/C18H27N3O2.HI/c1-3-16(22-11-1)6-10-19-17(20-14-4-5-14)21-15-7-12-23-18(13-15)8-2-9-18;/h1,3,11,14-15H,2,4-10,12-13H2,(H2,19,20,21);1H. The zero-order valence-corrected chi connectivity index (χ0v) is 16.5. The average Bonchev–Trinajstić information content (AvgIpc) is 3.18. The number of halogens is 1. The Kier molecular flexibility index (Phi) is 6.07. The van der Waals surface area contributed by atoms with E-state index in [1.165, 1.54) is 32.1 Å². The van der Waals surface area contributed by atoms with Crippen molar-refractivity contribution in [1.29, 1.82) is 0 Å². The molecule has 1 aromatic heterocycles. The minimum Gasteiger partial charge on any atom is -0.469 e. The van der Waals surface area contributed by atoms with E-state index in [1.54, 1.807) is 6.26 Å². The number of aliphatic imine (C=N–C) groups is 1. The molecule has 3 aliphatic rings. The van der Waals surface area contributed by atoms with Crippen LogP contribution < -0.4 is 10.6 Å². The smallest absolute Gasteiger partial charge is 0.191 e. The zero-order valence-electron chi connectivity index (χ0n) is 14.1. The summed E-state index contributed by atoms with van der Waals surface area (Å²) < 4.78 is 11.4. The van der Waals surface area contributed by atoms with E-state index in [0.29, 0.717) is 12.1 Å². The van der Waals surface area contributed by atoms with Crippen molar-refractivity contribution >= 4 is 29.9 Å². The van der Waals surface area contributed by atoms with Gasteiger partial charge in [-0.25, -0.2) is 0 Å². The van der Waals surface area contributed by atoms with Crippen molar-refractivity contribution < 1.29 is 9.15 Å². The zero-order chi connectivity index (χ0) is 15.5. The lowest BCUT2D eigenvalue weighted by molar-refractivity contribution is -0.134. The summed E-state index contributed by atoms with van der Waals surface area (Å²) in [6.07, 6.45) is 11.1. The van der Waals surface area contributed by atoms with Crippen LogP contribution in [0.25, 0.3) is 0 Å². The Morgan fingerprint density at radius 3 is 2.71 bits per heavy atom. The van der Waals surface area contributed by atoms with Gasteiger partial charge in [0.2, 0.25) is 0 Å². The van der Waals surface area contributed by atoms with Crippen molar-refractivity contribution in [3.05, 3.63) is 24.2 Å². The first-order chi connectivity index (χ1) is 11.3. The summed E-state index contributed by atoms with van der Waals surface area (Å²) in [7, 11) is 0. The molecule has 2 aliphatic carbocycles. The predicted octanol–water partition coefficient (Wildman–Crippen LogP) is 3.24. The second-order valence-electron chi connectivity index (χ2n) is 7.20. The number of hydrogen-bond donors (Lipinski definition) is 2. The van der Waals surface area contributed by atoms with Crippen LogP contribution in [0.2, 0.25) is 0 Å². The summed E-state index contributed by atoms with van der Waals surface area (Å²) in [4.78, 5) is 4.76. The molecule has 0 bridgehead atoms. The third-order valence-electron chi connectivity index (χ3n) is 5.23. The summed E-state index contributed by atoms with van der Waals surface area (Å²) in [6, 6.07) is 5.04. The van der Waals surface area contributed by atoms with E-state index in [2.05, 4.69) is 10.6 Å². The van der Waals surface area contributed by atoms with E-state index >= 15 is 0 Å². The van der Waals surface area contributed by atoms with Gasteiger partial charge in [0.1, 0.15) is 5.76 Å². The fraction of sp³-hybridized carbons (Fsp3) is 0.722. The number of furan rings is 1. The van der Waals surface area contributed by atoms with Gasteiger partial charge in [-0.05, 0) is 57.1 Å². The molecule has 1 saturated heterocycles. The highest BCUT2D eigenvalue weighted by atomic mass is 127. The molecule has 0 amide bonds. The van der Waals surface area contributed by atoms with Crippen molar-refractivity contribution in [1.82, 2.24) is 10.6 Å². The van der Waals surface area contributed by atoms with Crippen molar-refractivity contribution in [2.75, 3.05) is 13.2 Å². The normalized spacial score (nSPS) is 25.7. The van der Waals surface area contributed by atoms with Gasteiger partial charge in [-0.2, -0.15) is 0 Å². The largest absolute Gasteiger partial charge is 0.469 e. The first-order valence-corrected chi connectivity index (χ1v) is 9.05. The molecule has 5 nitrogen and oxygen atoms in total. The molecule has 2 N–H and O–H groups in total. The number of rotatable bonds is 5. The number of ether oxygens (including phenoxy) is 1. The summed E-state index contributed by atoms with van der Waals surface area (Å²) in [5.74, 6) is 1.97. The highest BCUT2D eigenvalue weighted by Gasteiger charge is 2.42. The van der Waals surface area contributed by atoms with E-state index in [4.69, 9.17) is 14.1 Å². The topological polar surface area (TPSA) is 58.8 Å². The van der Waals surface area contributed by atoms with Gasteiger partial charge >= 0.3 is 0 Å². The Bertz CT molecular complexity index is 538. The molecular formula is C18H28IN3O2. The summed E-state index contributed by atoms with van der Waals surface area (Å²) >= 11 is 0. The second-order valence-corrected chi connectivity index (χ2v) is 7.20. The van der Waals surface area contributed by atoms with Gasteiger partial charge in [-0.1, -0.05) is 0 Å². The highest BCUT2D eigenvalue weighted by molar-refractivity contribution is 14.0. The van der Waals surface area contributed by atoms with E-state index in [9.17, 15) is 0 Å². The number of hydrogen-bond acceptors (Lipinski definition) is 3. The van der Waals surface area contributed by atoms with Gasteiger partial charge in [0.25, 0.3) is 0 Å². The van der Waals surface area contributed by atoms with Crippen LogP contribution in [-0.2, 0) is 11.2 Å². The first kappa shape index (κ1) is 18.0. The van der Waals surface area contributed by atoms with E-state index in [1.807, 2.05) is 12.1 Å². The minimum absolute atomic E-state index is 0. The Hall–Kier alpha value is -0.760. The van der Waals surface area contributed by atoms with E-state index < -0.39 is 0 Å². The third kappa shape index (κ3) is 4.65. The van der Waals surface area contributed by atoms with Crippen LogP contribution in [-0.4, -0.2) is 36.8 Å². The Labute approximate surface area is 161 Å². The summed E-state index contributed by atoms with van der Waals surface area (Å²) in [6.45, 7) is 1.63. The van der Waals surface area contributed by atoms with Gasteiger partial charge in [0.15, 0.2) is 5.96 Å². The lowest BCUT2D eigenvalue weighted by Crippen LogP contribution is -2.54. The van der Waals surface area contributed by atoms with Crippen LogP contribution >= 0.6 is 24.0 Å². The van der Waals surface area contributed by atoms with E-state index in [0.717, 1.165) is 44.1 Å². The average molecular weight is 445 g/mol. The monoisotopic (exact) mass is 445 g/mol. The first-order valence-electron chi connectivity index (χ1n) is 9.05. The van der Waals surface area contributed by atoms with Crippen LogP contribution in [0.15, 0.2) is 27.8 Å². The minimum atomic E-state index is 0. The van der Waals surface area contributed by atoms with Crippen molar-refractivity contribution in [2.45, 2.75) is 69.1 Å². The number of nitrogens with one attached hydrogen (secondary N) is 2. The quantitative estimate of drug-likeness (QED) is 0.415. The molecule has 134 valence electrons. The molecule has 2 saturated carbocycles. The lowest BCUT2D eigenvalue weighted by Gasteiger charge is -2.47. The molecule has 24 heavy (non-hydrogen) atoms. The van der Waals surface area contributed by atoms with Crippen LogP contribution in [0, 0.1) is 0 Å². The maximum Gasteiger partial charge on any atom is 0.191 e. The van der Waals surface area contributed by atoms with Crippen LogP contribution in [0.5, 0.6) is 0 Å². The van der Waals surface area contributed by atoms with Crippen molar-refractivity contribution in [3.63, 3.8) is 0 Å². The molecule has 3 fully saturated rings. The SMILES string of the molecule is I.c1coc(CCN=C(NC2CC2)NC2CCOC3(CCC3)C2)c1. The summed E-state index contributed by atoms with van der Waals surface area (Å²) in [5, 5.41) is 7.21. The van der Waals surface area contributed by atoms with Gasteiger partial charge in [0.05, 0.1) is 11.9 Å². The van der Waals surface area contributed by atoms with Crippen LogP contribution in [0.1, 0.15) is 50.7 Å². The van der Waals surface area contributed by atoms with Gasteiger partial charge in [0, 0.05) is 31.7 Å². The van der Waals surface area contributed by atoms with Gasteiger partial charge < -0.3 is 19.8 Å². The molecule has 1 unspecified atom stereocenters. The molecule has 2 heterocycles. The molecule has 0 aromatic carbocycles. The Balaban J connectivity index is 0.00000169. The number of guanidine groups is 1. The maximum absolute atomic E-state index is 6.02. The van der Waals surface area contributed by atoms with Crippen LogP contribution in [0.3, 0.4) is 0 Å². The Morgan fingerprint density at radius 2 is 2.04 bits per heavy atom. The molecule has 1 aromatic rings. The molecule has 0 radical (unpaired) electrons. The Morgan fingerprint density at radius 1 is 1.21 bits per heavy atom. The molecular weight excluding hydrogens is 417 g/mol. The highest BCUT2D eigenvalue weighted by Crippen LogP contribution is 2.42. The van der Waals surface area contributed by atoms with Gasteiger partial charge in [-0.3, -0.25) is 4.99 Å². The fourth-order valence-corrected chi connectivity index (χ4v) is 3.55. The van der Waals surface area contributed by atoms with Crippen molar-refractivity contribution in [2.24, 2.45) is 4.99 Å². The molecule has 4 rings (SSSR count). The van der Waals surface area contributed by atoms with E-state index in [-0.39, 0.29) is 29.6 Å². The third-order valence-corrected chi connectivity index (χ3v) is 5.23. The molecule has 6 heteroatoms. The summed E-state index contributed by atoms with van der Waals surface area (Å²) in [5.41, 5.74) is 0.175. The fourth-order valence-electron chi connectivity index (χ4n) is 3.55. The molecule has 1 aliphatic heterocycles.